The molecule has 0 bridgehead atoms. The number of nitrogens with zero attached hydrogens (tertiary/aromatic N) is 5. The predicted octanol–water partition coefficient (Wildman–Crippen LogP) is 1.97. The highest BCUT2D eigenvalue weighted by molar-refractivity contribution is 7.13. The van der Waals surface area contributed by atoms with Gasteiger partial charge in [0.25, 0.3) is 0 Å². The maximum atomic E-state index is 11.3. The van der Waals surface area contributed by atoms with Gasteiger partial charge in [-0.05, 0) is 18.4 Å². The summed E-state index contributed by atoms with van der Waals surface area (Å²) in [5.41, 5.74) is 0.482. The first-order valence-corrected chi connectivity index (χ1v) is 7.29. The van der Waals surface area contributed by atoms with Crippen molar-refractivity contribution in [3.05, 3.63) is 41.4 Å². The van der Waals surface area contributed by atoms with Gasteiger partial charge >= 0.3 is 5.97 Å². The number of hydrogen-bond donors (Lipinski definition) is 1. The third kappa shape index (κ3) is 2.45. The first-order valence-electron chi connectivity index (χ1n) is 6.41. The summed E-state index contributed by atoms with van der Waals surface area (Å²) in [7, 11) is 0. The number of aromatic carboxylic acids is 1. The minimum atomic E-state index is -1.08. The molecule has 0 saturated heterocycles. The first-order chi connectivity index (χ1) is 10.2. The van der Waals surface area contributed by atoms with Crippen LogP contribution in [0, 0.1) is 0 Å². The summed E-state index contributed by atoms with van der Waals surface area (Å²) in [6.07, 6.45) is 3.61. The Bertz CT molecular complexity index is 759. The van der Waals surface area contributed by atoms with Gasteiger partial charge in [-0.15, -0.1) is 16.4 Å². The molecule has 0 unspecified atom stereocenters. The molecule has 108 valence electrons. The summed E-state index contributed by atoms with van der Waals surface area (Å²) in [4.78, 5) is 16.4. The molecule has 0 fully saturated rings. The van der Waals surface area contributed by atoms with Crippen molar-refractivity contribution in [3.63, 3.8) is 0 Å². The summed E-state index contributed by atoms with van der Waals surface area (Å²) in [6.45, 7) is 3.20. The van der Waals surface area contributed by atoms with Crippen LogP contribution in [0.2, 0.25) is 0 Å². The molecular formula is C13H13N5O2S. The molecule has 3 aromatic rings. The van der Waals surface area contributed by atoms with Crippen LogP contribution in [-0.4, -0.2) is 35.6 Å². The first kappa shape index (κ1) is 13.5. The van der Waals surface area contributed by atoms with Crippen LogP contribution in [0.4, 0.5) is 0 Å². The monoisotopic (exact) mass is 303 g/mol. The number of thiophene rings is 1. The third-order valence-electron chi connectivity index (χ3n) is 3.13. The molecule has 3 rings (SSSR count). The van der Waals surface area contributed by atoms with E-state index in [1.807, 2.05) is 35.2 Å². The fourth-order valence-electron chi connectivity index (χ4n) is 2.14. The Balaban J connectivity index is 2.05. The Kier molecular flexibility index (Phi) is 3.53. The van der Waals surface area contributed by atoms with E-state index in [0.29, 0.717) is 12.2 Å². The summed E-state index contributed by atoms with van der Waals surface area (Å²) < 4.78 is 3.57. The second kappa shape index (κ2) is 5.49. The number of hydrogen-bond acceptors (Lipinski definition) is 5. The molecule has 0 aliphatic heterocycles. The average Bonchev–Trinajstić information content (AvgIpc) is 3.18. The van der Waals surface area contributed by atoms with Crippen molar-refractivity contribution in [1.82, 2.24) is 24.5 Å². The van der Waals surface area contributed by atoms with E-state index in [0.717, 1.165) is 17.2 Å². The zero-order chi connectivity index (χ0) is 14.8. The van der Waals surface area contributed by atoms with Crippen LogP contribution in [0.1, 0.15) is 23.2 Å². The molecule has 0 aliphatic rings. The molecule has 8 heteroatoms. The van der Waals surface area contributed by atoms with E-state index in [1.165, 1.54) is 11.3 Å². The predicted molar refractivity (Wildman–Crippen MR) is 77.3 cm³/mol. The van der Waals surface area contributed by atoms with Crippen LogP contribution >= 0.6 is 11.3 Å². The number of imidazole rings is 1. The molecular weight excluding hydrogens is 290 g/mol. The van der Waals surface area contributed by atoms with Gasteiger partial charge in [-0.2, -0.15) is 0 Å². The lowest BCUT2D eigenvalue weighted by Crippen LogP contribution is -2.10. The summed E-state index contributed by atoms with van der Waals surface area (Å²) in [5, 5.41) is 18.9. The van der Waals surface area contributed by atoms with E-state index in [1.54, 1.807) is 10.9 Å². The van der Waals surface area contributed by atoms with Gasteiger partial charge in [0, 0.05) is 18.9 Å². The van der Waals surface area contributed by atoms with E-state index < -0.39 is 5.97 Å². The molecule has 21 heavy (non-hydrogen) atoms. The van der Waals surface area contributed by atoms with E-state index >= 15 is 0 Å². The summed E-state index contributed by atoms with van der Waals surface area (Å²) in [5.74, 6) is -0.263. The molecule has 0 amide bonds. The largest absolute Gasteiger partial charge is 0.476 e. The van der Waals surface area contributed by atoms with E-state index in [9.17, 15) is 9.90 Å². The van der Waals surface area contributed by atoms with E-state index in [4.69, 9.17) is 0 Å². The number of rotatable bonds is 5. The van der Waals surface area contributed by atoms with Crippen LogP contribution < -0.4 is 0 Å². The van der Waals surface area contributed by atoms with E-state index in [2.05, 4.69) is 15.3 Å². The molecule has 3 heterocycles. The molecule has 1 N–H and O–H groups in total. The molecule has 0 aliphatic carbocycles. The lowest BCUT2D eigenvalue weighted by Gasteiger charge is -2.07. The highest BCUT2D eigenvalue weighted by Crippen LogP contribution is 2.27. The molecule has 0 radical (unpaired) electrons. The fourth-order valence-corrected chi connectivity index (χ4v) is 2.91. The third-order valence-corrected chi connectivity index (χ3v) is 4.00. The van der Waals surface area contributed by atoms with Crippen LogP contribution in [0.15, 0.2) is 29.9 Å². The Morgan fingerprint density at radius 1 is 1.48 bits per heavy atom. The smallest absolute Gasteiger partial charge is 0.358 e. The highest BCUT2D eigenvalue weighted by Gasteiger charge is 2.22. The van der Waals surface area contributed by atoms with Crippen molar-refractivity contribution < 1.29 is 9.90 Å². The minimum absolute atomic E-state index is 0.0351. The molecule has 0 atom stereocenters. The highest BCUT2D eigenvalue weighted by atomic mass is 32.1. The SMILES string of the molecule is CCn1ccnc1Cn1nnc(C(=O)O)c1-c1cccs1. The van der Waals surface area contributed by atoms with Crippen LogP contribution in [0.3, 0.4) is 0 Å². The van der Waals surface area contributed by atoms with Crippen LogP contribution in [0.25, 0.3) is 10.6 Å². The molecule has 0 aromatic carbocycles. The van der Waals surface area contributed by atoms with Gasteiger partial charge in [-0.1, -0.05) is 11.3 Å². The molecule has 0 spiro atoms. The second-order valence-corrected chi connectivity index (χ2v) is 5.30. The van der Waals surface area contributed by atoms with Crippen molar-refractivity contribution in [1.29, 1.82) is 0 Å². The van der Waals surface area contributed by atoms with Gasteiger partial charge < -0.3 is 9.67 Å². The number of carboxylic acids is 1. The number of aryl methyl sites for hydroxylation is 1. The Hall–Kier alpha value is -2.48. The van der Waals surface area contributed by atoms with E-state index in [-0.39, 0.29) is 5.69 Å². The standard InChI is InChI=1S/C13H13N5O2S/c1-2-17-6-5-14-10(17)8-18-12(9-4-3-7-21-9)11(13(19)20)15-16-18/h3-7H,2,8H2,1H3,(H,19,20). The maximum absolute atomic E-state index is 11.3. The van der Waals surface area contributed by atoms with Gasteiger partial charge in [0.1, 0.15) is 18.1 Å². The van der Waals surface area contributed by atoms with Crippen LogP contribution in [-0.2, 0) is 13.1 Å². The van der Waals surface area contributed by atoms with Gasteiger partial charge in [0.2, 0.25) is 0 Å². The number of carboxylic acid groups (broad SMARTS) is 1. The van der Waals surface area contributed by atoms with Gasteiger partial charge in [0.15, 0.2) is 5.69 Å². The normalized spacial score (nSPS) is 10.9. The quantitative estimate of drug-likeness (QED) is 0.778. The van der Waals surface area contributed by atoms with Gasteiger partial charge in [-0.3, -0.25) is 0 Å². The molecule has 0 saturated carbocycles. The topological polar surface area (TPSA) is 85.8 Å². The lowest BCUT2D eigenvalue weighted by atomic mass is 10.2. The number of carbonyl (C=O) groups is 1. The molecule has 3 aromatic heterocycles. The van der Waals surface area contributed by atoms with Crippen molar-refractivity contribution in [3.8, 4) is 10.6 Å². The Morgan fingerprint density at radius 3 is 3.00 bits per heavy atom. The second-order valence-electron chi connectivity index (χ2n) is 4.36. The summed E-state index contributed by atoms with van der Waals surface area (Å²) in [6, 6.07) is 3.73. The minimum Gasteiger partial charge on any atom is -0.476 e. The Morgan fingerprint density at radius 2 is 2.33 bits per heavy atom. The average molecular weight is 303 g/mol. The fraction of sp³-hybridized carbons (Fsp3) is 0.231. The maximum Gasteiger partial charge on any atom is 0.358 e. The lowest BCUT2D eigenvalue weighted by molar-refractivity contribution is 0.0691. The molecule has 7 nitrogen and oxygen atoms in total. The van der Waals surface area contributed by atoms with Gasteiger partial charge in [-0.25, -0.2) is 14.5 Å². The summed E-state index contributed by atoms with van der Waals surface area (Å²) >= 11 is 1.46. The zero-order valence-corrected chi connectivity index (χ0v) is 12.1. The Labute approximate surface area is 124 Å². The van der Waals surface area contributed by atoms with Crippen molar-refractivity contribution in [2.45, 2.75) is 20.0 Å². The van der Waals surface area contributed by atoms with Crippen molar-refractivity contribution in [2.75, 3.05) is 0 Å². The van der Waals surface area contributed by atoms with Gasteiger partial charge in [0.05, 0.1) is 4.88 Å². The zero-order valence-electron chi connectivity index (χ0n) is 11.3. The number of aromatic nitrogens is 5. The van der Waals surface area contributed by atoms with Crippen molar-refractivity contribution in [2.24, 2.45) is 0 Å². The van der Waals surface area contributed by atoms with Crippen LogP contribution in [0.5, 0.6) is 0 Å². The van der Waals surface area contributed by atoms with Crippen molar-refractivity contribution >= 4 is 17.3 Å².